The highest BCUT2D eigenvalue weighted by Gasteiger charge is 2.24. The summed E-state index contributed by atoms with van der Waals surface area (Å²) in [6.07, 6.45) is 2.68. The van der Waals surface area contributed by atoms with E-state index in [1.54, 1.807) is 26.8 Å². The summed E-state index contributed by atoms with van der Waals surface area (Å²) in [7, 11) is 0. The molecular formula is C13H19NO4. The number of furan rings is 1. The first kappa shape index (κ1) is 14.3. The smallest absolute Gasteiger partial charge is 0.408 e. The third kappa shape index (κ3) is 4.24. The van der Waals surface area contributed by atoms with E-state index >= 15 is 0 Å². The van der Waals surface area contributed by atoms with Crippen LogP contribution in [-0.2, 0) is 4.74 Å². The maximum Gasteiger partial charge on any atom is 0.408 e. The van der Waals surface area contributed by atoms with Crippen LogP contribution in [0, 0.1) is 0 Å². The van der Waals surface area contributed by atoms with Crippen molar-refractivity contribution in [2.24, 2.45) is 0 Å². The summed E-state index contributed by atoms with van der Waals surface area (Å²) in [4.78, 5) is 23.6. The first-order chi connectivity index (χ1) is 8.33. The normalized spacial score (nSPS) is 12.9. The highest BCUT2D eigenvalue weighted by molar-refractivity contribution is 6.01. The van der Waals surface area contributed by atoms with E-state index in [-0.39, 0.29) is 5.78 Å². The van der Waals surface area contributed by atoms with E-state index in [0.717, 1.165) is 0 Å². The molecule has 1 atom stereocenters. The Balaban J connectivity index is 2.63. The second-order valence-corrected chi connectivity index (χ2v) is 4.98. The van der Waals surface area contributed by atoms with Crippen LogP contribution in [-0.4, -0.2) is 23.5 Å². The second kappa shape index (κ2) is 5.71. The first-order valence-electron chi connectivity index (χ1n) is 5.89. The van der Waals surface area contributed by atoms with E-state index in [1.807, 2.05) is 6.92 Å². The van der Waals surface area contributed by atoms with Gasteiger partial charge in [0.25, 0.3) is 0 Å². The zero-order chi connectivity index (χ0) is 13.8. The van der Waals surface area contributed by atoms with Crippen LogP contribution in [0.3, 0.4) is 0 Å². The number of nitrogens with one attached hydrogen (secondary N) is 1. The second-order valence-electron chi connectivity index (χ2n) is 4.98. The predicted octanol–water partition coefficient (Wildman–Crippen LogP) is 2.77. The summed E-state index contributed by atoms with van der Waals surface area (Å²) in [5.41, 5.74) is -0.140. The van der Waals surface area contributed by atoms with Crippen molar-refractivity contribution in [2.75, 3.05) is 0 Å². The molecule has 0 radical (unpaired) electrons. The van der Waals surface area contributed by atoms with Crippen molar-refractivity contribution in [2.45, 2.75) is 45.8 Å². The number of ketones is 1. The number of hydrogen-bond donors (Lipinski definition) is 1. The van der Waals surface area contributed by atoms with Gasteiger partial charge < -0.3 is 14.5 Å². The van der Waals surface area contributed by atoms with Gasteiger partial charge in [-0.2, -0.15) is 0 Å². The van der Waals surface area contributed by atoms with Crippen molar-refractivity contribution in [1.29, 1.82) is 0 Å². The van der Waals surface area contributed by atoms with E-state index in [2.05, 4.69) is 5.32 Å². The highest BCUT2D eigenvalue weighted by Crippen LogP contribution is 2.10. The zero-order valence-electron chi connectivity index (χ0n) is 11.1. The Morgan fingerprint density at radius 1 is 1.44 bits per heavy atom. The van der Waals surface area contributed by atoms with Crippen molar-refractivity contribution >= 4 is 11.9 Å². The predicted molar refractivity (Wildman–Crippen MR) is 66.5 cm³/mol. The van der Waals surface area contributed by atoms with Crippen LogP contribution in [0.2, 0.25) is 0 Å². The molecule has 0 aromatic carbocycles. The number of carbonyl (C=O) groups excluding carboxylic acids is 2. The van der Waals surface area contributed by atoms with Gasteiger partial charge in [0.2, 0.25) is 0 Å². The van der Waals surface area contributed by atoms with Crippen molar-refractivity contribution in [3.05, 3.63) is 24.2 Å². The molecule has 0 bridgehead atoms. The molecule has 0 spiro atoms. The topological polar surface area (TPSA) is 68.5 Å². The average Bonchev–Trinajstić information content (AvgIpc) is 2.75. The first-order valence-corrected chi connectivity index (χ1v) is 5.89. The summed E-state index contributed by atoms with van der Waals surface area (Å²) in [5, 5.41) is 2.56. The number of alkyl carbamates (subject to hydrolysis) is 1. The molecule has 0 unspecified atom stereocenters. The Hall–Kier alpha value is -1.78. The van der Waals surface area contributed by atoms with Crippen molar-refractivity contribution in [3.63, 3.8) is 0 Å². The van der Waals surface area contributed by atoms with Crippen LogP contribution in [0.1, 0.15) is 44.5 Å². The van der Waals surface area contributed by atoms with Gasteiger partial charge in [0, 0.05) is 0 Å². The average molecular weight is 253 g/mol. The lowest BCUT2D eigenvalue weighted by atomic mass is 10.1. The maximum atomic E-state index is 12.0. The lowest BCUT2D eigenvalue weighted by Gasteiger charge is -2.22. The summed E-state index contributed by atoms with van der Waals surface area (Å²) in [6.45, 7) is 7.13. The lowest BCUT2D eigenvalue weighted by Crippen LogP contribution is -2.43. The van der Waals surface area contributed by atoms with Crippen LogP contribution >= 0.6 is 0 Å². The molecule has 1 aromatic rings. The van der Waals surface area contributed by atoms with Crippen LogP contribution in [0.15, 0.2) is 23.0 Å². The Morgan fingerprint density at radius 3 is 2.56 bits per heavy atom. The summed E-state index contributed by atoms with van der Waals surface area (Å²) < 4.78 is 9.96. The highest BCUT2D eigenvalue weighted by atomic mass is 16.6. The molecule has 1 heterocycles. The standard InChI is InChI=1S/C13H19NO4/c1-5-10(11(15)9-6-7-17-8-9)14-12(16)18-13(2,3)4/h6-8,10H,5H2,1-4H3,(H,14,16)/t10-/m0/s1. The van der Waals surface area contributed by atoms with E-state index in [4.69, 9.17) is 9.15 Å². The van der Waals surface area contributed by atoms with Crippen molar-refractivity contribution in [1.82, 2.24) is 5.32 Å². The van der Waals surface area contributed by atoms with Gasteiger partial charge in [-0.25, -0.2) is 4.79 Å². The van der Waals surface area contributed by atoms with E-state index < -0.39 is 17.7 Å². The van der Waals surface area contributed by atoms with Gasteiger partial charge in [-0.1, -0.05) is 6.92 Å². The third-order valence-electron chi connectivity index (χ3n) is 2.22. The van der Waals surface area contributed by atoms with E-state index in [0.29, 0.717) is 12.0 Å². The number of ether oxygens (including phenoxy) is 1. The molecule has 1 aromatic heterocycles. The molecule has 5 nitrogen and oxygen atoms in total. The van der Waals surface area contributed by atoms with Gasteiger partial charge in [-0.3, -0.25) is 4.79 Å². The fourth-order valence-electron chi connectivity index (χ4n) is 1.41. The Morgan fingerprint density at radius 2 is 2.11 bits per heavy atom. The SMILES string of the molecule is CC[C@H](NC(=O)OC(C)(C)C)C(=O)c1ccoc1. The Kier molecular flexibility index (Phi) is 4.53. The number of amides is 1. The van der Waals surface area contributed by atoms with Crippen molar-refractivity contribution in [3.8, 4) is 0 Å². The molecule has 0 saturated heterocycles. The molecule has 5 heteroatoms. The summed E-state index contributed by atoms with van der Waals surface area (Å²) >= 11 is 0. The molecule has 0 fully saturated rings. The van der Waals surface area contributed by atoms with Crippen LogP contribution in [0.25, 0.3) is 0 Å². The summed E-state index contributed by atoms with van der Waals surface area (Å²) in [6, 6.07) is 0.972. The number of hydrogen-bond acceptors (Lipinski definition) is 4. The maximum absolute atomic E-state index is 12.0. The van der Waals surface area contributed by atoms with Gasteiger partial charge in [0.1, 0.15) is 11.9 Å². The van der Waals surface area contributed by atoms with E-state index in [1.165, 1.54) is 12.5 Å². The minimum absolute atomic E-state index is 0.183. The van der Waals surface area contributed by atoms with Crippen molar-refractivity contribution < 1.29 is 18.7 Å². The quantitative estimate of drug-likeness (QED) is 0.838. The minimum Gasteiger partial charge on any atom is -0.472 e. The minimum atomic E-state index is -0.600. The van der Waals surface area contributed by atoms with Crippen LogP contribution < -0.4 is 5.32 Å². The fourth-order valence-corrected chi connectivity index (χ4v) is 1.41. The molecule has 0 aliphatic heterocycles. The number of rotatable bonds is 4. The molecule has 18 heavy (non-hydrogen) atoms. The number of Topliss-reactive ketones (excluding diaryl/α,β-unsaturated/α-hetero) is 1. The molecular weight excluding hydrogens is 234 g/mol. The van der Waals surface area contributed by atoms with E-state index in [9.17, 15) is 9.59 Å². The third-order valence-corrected chi connectivity index (χ3v) is 2.22. The zero-order valence-corrected chi connectivity index (χ0v) is 11.1. The molecule has 0 aliphatic carbocycles. The molecule has 1 amide bonds. The molecule has 0 aliphatic rings. The Labute approximate surface area is 106 Å². The molecule has 0 saturated carbocycles. The van der Waals surface area contributed by atoms with Crippen LogP contribution in [0.4, 0.5) is 4.79 Å². The van der Waals surface area contributed by atoms with Gasteiger partial charge in [-0.15, -0.1) is 0 Å². The fraction of sp³-hybridized carbons (Fsp3) is 0.538. The van der Waals surface area contributed by atoms with Gasteiger partial charge >= 0.3 is 6.09 Å². The summed E-state index contributed by atoms with van der Waals surface area (Å²) in [5.74, 6) is -0.183. The lowest BCUT2D eigenvalue weighted by molar-refractivity contribution is 0.0490. The number of carbonyl (C=O) groups is 2. The molecule has 100 valence electrons. The Bertz CT molecular complexity index is 403. The monoisotopic (exact) mass is 253 g/mol. The molecule has 1 rings (SSSR count). The van der Waals surface area contributed by atoms with Crippen LogP contribution in [0.5, 0.6) is 0 Å². The van der Waals surface area contributed by atoms with Gasteiger partial charge in [0.15, 0.2) is 5.78 Å². The van der Waals surface area contributed by atoms with Gasteiger partial charge in [0.05, 0.1) is 17.9 Å². The largest absolute Gasteiger partial charge is 0.472 e. The van der Waals surface area contributed by atoms with Gasteiger partial charge in [-0.05, 0) is 33.3 Å². The molecule has 1 N–H and O–H groups in total.